The van der Waals surface area contributed by atoms with Crippen molar-refractivity contribution in [1.82, 2.24) is 29.4 Å². The Morgan fingerprint density at radius 2 is 1.65 bits per heavy atom. The van der Waals surface area contributed by atoms with Crippen LogP contribution in [0.1, 0.15) is 101 Å². The molecule has 1 aliphatic heterocycles. The average molecular weight is 869 g/mol. The van der Waals surface area contributed by atoms with E-state index < -0.39 is 58.3 Å². The average Bonchev–Trinajstić information content (AvgIpc) is 3.92. The zero-order valence-electron chi connectivity index (χ0n) is 34.1. The molecule has 18 heteroatoms. The quantitative estimate of drug-likeness (QED) is 0.130. The lowest BCUT2D eigenvalue weighted by Gasteiger charge is -2.24. The van der Waals surface area contributed by atoms with E-state index in [0.29, 0.717) is 22.8 Å². The molecule has 1 aliphatic carbocycles. The Labute approximate surface area is 357 Å². The Balaban J connectivity index is 1.15. The van der Waals surface area contributed by atoms with Gasteiger partial charge < -0.3 is 20.3 Å². The highest BCUT2D eigenvalue weighted by Gasteiger charge is 2.45. The first-order valence-electron chi connectivity index (χ1n) is 19.8. The molecule has 0 bridgehead atoms. The molecule has 2 atom stereocenters. The van der Waals surface area contributed by atoms with Crippen LogP contribution in [0.15, 0.2) is 83.8 Å². The van der Waals surface area contributed by atoms with E-state index in [0.717, 1.165) is 17.4 Å². The van der Waals surface area contributed by atoms with Crippen molar-refractivity contribution >= 4 is 63.5 Å². The van der Waals surface area contributed by atoms with E-state index in [1.807, 2.05) is 6.92 Å². The van der Waals surface area contributed by atoms with Crippen LogP contribution in [0, 0.1) is 5.92 Å². The Morgan fingerprint density at radius 1 is 0.919 bits per heavy atom. The predicted molar refractivity (Wildman–Crippen MR) is 225 cm³/mol. The number of nitrogens with one attached hydrogen (secondary N) is 3. The summed E-state index contributed by atoms with van der Waals surface area (Å²) >= 11 is 6.49. The van der Waals surface area contributed by atoms with E-state index in [-0.39, 0.29) is 62.9 Å². The van der Waals surface area contributed by atoms with Crippen LogP contribution in [-0.4, -0.2) is 59.5 Å². The molecule has 1 fully saturated rings. The highest BCUT2D eigenvalue weighted by Crippen LogP contribution is 2.42. The first kappa shape index (κ1) is 42.0. The summed E-state index contributed by atoms with van der Waals surface area (Å²) in [6.45, 7) is 8.33. The smallest absolute Gasteiger partial charge is 0.417 e. The molecule has 4 heterocycles. The summed E-state index contributed by atoms with van der Waals surface area (Å²) < 4.78 is 51.4. The van der Waals surface area contributed by atoms with Crippen LogP contribution in [0.2, 0.25) is 5.02 Å². The number of para-hydroxylation sites is 1. The number of carbonyl (C=O) groups is 4. The summed E-state index contributed by atoms with van der Waals surface area (Å²) in [5.41, 5.74) is -2.87. The number of aromatic nitrogens is 4. The topological polar surface area (TPSA) is 169 Å². The Kier molecular flexibility index (Phi) is 10.6. The number of halogens is 4. The number of hydrogen-bond donors (Lipinski definition) is 3. The van der Waals surface area contributed by atoms with Crippen molar-refractivity contribution in [3.63, 3.8) is 0 Å². The highest BCUT2D eigenvalue weighted by atomic mass is 35.5. The summed E-state index contributed by atoms with van der Waals surface area (Å²) in [4.78, 5) is 74.4. The van der Waals surface area contributed by atoms with Crippen molar-refractivity contribution in [2.24, 2.45) is 5.92 Å². The molecule has 8 rings (SSSR count). The summed E-state index contributed by atoms with van der Waals surface area (Å²) in [6, 6.07) is 17.6. The summed E-state index contributed by atoms with van der Waals surface area (Å²) in [5.74, 6) is -2.73. The molecule has 0 unspecified atom stereocenters. The monoisotopic (exact) mass is 868 g/mol. The number of ether oxygens (including phenoxy) is 1. The number of nitrogens with zero attached hydrogens (tertiary/aromatic N) is 5. The lowest BCUT2D eigenvalue weighted by molar-refractivity contribution is -0.138. The van der Waals surface area contributed by atoms with E-state index in [9.17, 15) is 37.1 Å². The van der Waals surface area contributed by atoms with Gasteiger partial charge in [0.15, 0.2) is 11.5 Å². The van der Waals surface area contributed by atoms with Gasteiger partial charge in [-0.3, -0.25) is 29.1 Å². The molecule has 3 aromatic carbocycles. The second-order valence-corrected chi connectivity index (χ2v) is 16.8. The van der Waals surface area contributed by atoms with Crippen LogP contribution in [0.4, 0.5) is 29.6 Å². The lowest BCUT2D eigenvalue weighted by Crippen LogP contribution is -2.35. The van der Waals surface area contributed by atoms with Crippen LogP contribution in [0.3, 0.4) is 0 Å². The Bertz CT molecular complexity index is 2890. The second kappa shape index (κ2) is 15.6. The number of fused-ring (bicyclic) bond motifs is 3. The van der Waals surface area contributed by atoms with E-state index in [4.69, 9.17) is 16.3 Å². The van der Waals surface area contributed by atoms with Crippen molar-refractivity contribution in [2.75, 3.05) is 10.6 Å². The third-order valence-corrected chi connectivity index (χ3v) is 11.1. The number of rotatable bonds is 9. The maximum atomic E-state index is 14.5. The maximum absolute atomic E-state index is 14.5. The van der Waals surface area contributed by atoms with E-state index in [1.54, 1.807) is 82.3 Å². The summed E-state index contributed by atoms with van der Waals surface area (Å²) in [6.07, 6.45) is -2.78. The molecule has 2 aliphatic rings. The van der Waals surface area contributed by atoms with Crippen LogP contribution >= 0.6 is 11.6 Å². The number of anilines is 2. The van der Waals surface area contributed by atoms with Gasteiger partial charge in [0, 0.05) is 35.7 Å². The molecule has 0 radical (unpaired) electrons. The second-order valence-electron chi connectivity index (χ2n) is 16.4. The molecule has 0 spiro atoms. The van der Waals surface area contributed by atoms with Gasteiger partial charge in [0.05, 0.1) is 27.6 Å². The molecule has 1 saturated carbocycles. The van der Waals surface area contributed by atoms with Gasteiger partial charge in [-0.05, 0) is 107 Å². The molecule has 3 N–H and O–H groups in total. The fourth-order valence-corrected chi connectivity index (χ4v) is 7.99. The molecule has 62 heavy (non-hydrogen) atoms. The van der Waals surface area contributed by atoms with E-state index in [1.165, 1.54) is 27.8 Å². The van der Waals surface area contributed by atoms with Crippen LogP contribution < -0.4 is 21.5 Å². The fraction of sp³-hybridized carbons (Fsp3) is 0.295. The predicted octanol–water partition coefficient (Wildman–Crippen LogP) is 8.55. The van der Waals surface area contributed by atoms with Crippen molar-refractivity contribution in [3.8, 4) is 5.69 Å². The maximum Gasteiger partial charge on any atom is 0.417 e. The van der Waals surface area contributed by atoms with Gasteiger partial charge in [-0.2, -0.15) is 13.2 Å². The SMILES string of the molecule is C[C@H](NC(=O)c1c(NC(=O)OC(C)(C)C)nn2ccc(NC(=O)c3cc4c(c(C(F)(F)F)c3)C(=O)N([C@@H](C)C3CC3)C4)nc12)c1cc2cccc(Cl)c2c(=O)n1-c1ccccc1. The van der Waals surface area contributed by atoms with Crippen molar-refractivity contribution in [1.29, 1.82) is 0 Å². The highest BCUT2D eigenvalue weighted by molar-refractivity contribution is 6.35. The number of benzene rings is 3. The van der Waals surface area contributed by atoms with Gasteiger partial charge >= 0.3 is 12.3 Å². The molecular formula is C44H40ClF3N8O6. The van der Waals surface area contributed by atoms with Gasteiger partial charge in [-0.1, -0.05) is 41.9 Å². The van der Waals surface area contributed by atoms with Crippen LogP contribution in [0.25, 0.3) is 22.1 Å². The molecule has 4 amide bonds. The first-order chi connectivity index (χ1) is 29.3. The van der Waals surface area contributed by atoms with Gasteiger partial charge in [0.25, 0.3) is 23.3 Å². The van der Waals surface area contributed by atoms with Crippen molar-refractivity contribution in [3.05, 3.63) is 128 Å². The largest absolute Gasteiger partial charge is 0.444 e. The van der Waals surface area contributed by atoms with Gasteiger partial charge in [0.1, 0.15) is 17.0 Å². The molecule has 3 aromatic heterocycles. The molecule has 14 nitrogen and oxygen atoms in total. The standard InChI is InChI=1S/C44H40ClF3N8O6/c1-22(31-20-25-10-9-13-30(45)34(25)41(60)56(31)28-11-7-6-8-12-28)49-39(58)35-36(52-42(61)62-43(3,4)5)53-55-17-16-32(50-37(35)55)51-38(57)26-18-27-21-54(23(2)24-14-15-24)40(59)33(27)29(19-26)44(46,47)48/h6-13,16-20,22-24H,14-15,21H2,1-5H3,(H,49,58)(H,50,51,57)(H,52,53,61)/t22-,23-/m0/s1. The van der Waals surface area contributed by atoms with Crippen LogP contribution in [0.5, 0.6) is 0 Å². The van der Waals surface area contributed by atoms with E-state index >= 15 is 0 Å². The normalized spacial score (nSPS) is 15.0. The minimum atomic E-state index is -4.93. The number of alkyl halides is 3. The summed E-state index contributed by atoms with van der Waals surface area (Å²) in [5, 5.41) is 13.3. The Hall–Kier alpha value is -6.75. The number of hydrogen-bond acceptors (Lipinski definition) is 8. The minimum absolute atomic E-state index is 0.0746. The van der Waals surface area contributed by atoms with Gasteiger partial charge in [-0.15, -0.1) is 5.10 Å². The summed E-state index contributed by atoms with van der Waals surface area (Å²) in [7, 11) is 0. The van der Waals surface area contributed by atoms with Crippen molar-refractivity contribution in [2.45, 2.75) is 77.9 Å². The van der Waals surface area contributed by atoms with Gasteiger partial charge in [0.2, 0.25) is 0 Å². The fourth-order valence-electron chi connectivity index (χ4n) is 7.72. The van der Waals surface area contributed by atoms with Gasteiger partial charge in [-0.25, -0.2) is 14.3 Å². The molecule has 320 valence electrons. The van der Waals surface area contributed by atoms with Crippen molar-refractivity contribution < 1.29 is 37.1 Å². The zero-order valence-corrected chi connectivity index (χ0v) is 34.8. The number of pyridine rings is 1. The van der Waals surface area contributed by atoms with Crippen LogP contribution in [-0.2, 0) is 17.5 Å². The number of amides is 4. The molecule has 6 aromatic rings. The molecule has 0 saturated heterocycles. The third kappa shape index (κ3) is 8.07. The third-order valence-electron chi connectivity index (χ3n) is 10.8. The zero-order chi connectivity index (χ0) is 44.4. The first-order valence-corrected chi connectivity index (χ1v) is 20.1. The minimum Gasteiger partial charge on any atom is -0.444 e. The lowest BCUT2D eigenvalue weighted by atomic mass is 9.98. The van der Waals surface area contributed by atoms with E-state index in [2.05, 4.69) is 26.0 Å². The molecular weight excluding hydrogens is 829 g/mol. The number of carbonyl (C=O) groups excluding carboxylic acids is 4. The Morgan fingerprint density at radius 3 is 2.32 bits per heavy atom.